The highest BCUT2D eigenvalue weighted by Gasteiger charge is 2.36. The van der Waals surface area contributed by atoms with Gasteiger partial charge in [0.1, 0.15) is 11.9 Å². The maximum absolute atomic E-state index is 15.0. The predicted octanol–water partition coefficient (Wildman–Crippen LogP) is 4.29. The SMILES string of the molecule is Cc1cccc(N(C(=O)CNC(=O)c2ccco2)[C@H](C(=O)NC2CCCC2)c2ccccc2F)c1. The van der Waals surface area contributed by atoms with Crippen LogP contribution in [0.25, 0.3) is 0 Å². The van der Waals surface area contributed by atoms with Crippen LogP contribution in [0.2, 0.25) is 0 Å². The molecule has 0 radical (unpaired) electrons. The largest absolute Gasteiger partial charge is 0.459 e. The Morgan fingerprint density at radius 2 is 1.83 bits per heavy atom. The third-order valence-corrected chi connectivity index (χ3v) is 6.10. The van der Waals surface area contributed by atoms with E-state index in [1.165, 1.54) is 35.4 Å². The van der Waals surface area contributed by atoms with Crippen LogP contribution in [0.4, 0.5) is 10.1 Å². The van der Waals surface area contributed by atoms with E-state index in [9.17, 15) is 14.4 Å². The van der Waals surface area contributed by atoms with Gasteiger partial charge in [-0.25, -0.2) is 4.39 Å². The average molecular weight is 478 g/mol. The molecule has 1 saturated carbocycles. The van der Waals surface area contributed by atoms with Crippen LogP contribution in [-0.4, -0.2) is 30.3 Å². The number of hydrogen-bond donors (Lipinski definition) is 2. The quantitative estimate of drug-likeness (QED) is 0.506. The molecule has 1 atom stereocenters. The van der Waals surface area contributed by atoms with Crippen molar-refractivity contribution in [2.45, 2.75) is 44.7 Å². The Bertz CT molecular complexity index is 1190. The lowest BCUT2D eigenvalue weighted by Gasteiger charge is -2.32. The molecule has 3 aromatic rings. The number of benzene rings is 2. The predicted molar refractivity (Wildman–Crippen MR) is 129 cm³/mol. The average Bonchev–Trinajstić information content (AvgIpc) is 3.56. The Labute approximate surface area is 203 Å². The molecule has 2 N–H and O–H groups in total. The van der Waals surface area contributed by atoms with Crippen LogP contribution in [0.3, 0.4) is 0 Å². The van der Waals surface area contributed by atoms with Crippen LogP contribution in [0.1, 0.15) is 53.4 Å². The van der Waals surface area contributed by atoms with Crippen molar-refractivity contribution in [2.24, 2.45) is 0 Å². The summed E-state index contributed by atoms with van der Waals surface area (Å²) >= 11 is 0. The molecule has 1 aliphatic carbocycles. The zero-order valence-corrected chi connectivity index (χ0v) is 19.5. The van der Waals surface area contributed by atoms with E-state index < -0.39 is 36.1 Å². The van der Waals surface area contributed by atoms with Gasteiger partial charge < -0.3 is 15.1 Å². The molecule has 0 bridgehead atoms. The number of aryl methyl sites for hydroxylation is 1. The van der Waals surface area contributed by atoms with Crippen molar-refractivity contribution < 1.29 is 23.2 Å². The maximum atomic E-state index is 15.0. The van der Waals surface area contributed by atoms with Crippen LogP contribution >= 0.6 is 0 Å². The summed E-state index contributed by atoms with van der Waals surface area (Å²) in [5.41, 5.74) is 1.37. The fourth-order valence-electron chi connectivity index (χ4n) is 4.40. The van der Waals surface area contributed by atoms with Crippen molar-refractivity contribution in [1.82, 2.24) is 10.6 Å². The summed E-state index contributed by atoms with van der Waals surface area (Å²) in [6.07, 6.45) is 5.06. The summed E-state index contributed by atoms with van der Waals surface area (Å²) in [6, 6.07) is 14.8. The van der Waals surface area contributed by atoms with Gasteiger partial charge in [0.05, 0.1) is 12.8 Å². The Hall–Kier alpha value is -3.94. The second-order valence-corrected chi connectivity index (χ2v) is 8.68. The van der Waals surface area contributed by atoms with Gasteiger partial charge in [-0.1, -0.05) is 43.2 Å². The van der Waals surface area contributed by atoms with Crippen molar-refractivity contribution in [3.63, 3.8) is 0 Å². The molecule has 1 fully saturated rings. The van der Waals surface area contributed by atoms with Gasteiger partial charge in [0, 0.05) is 17.3 Å². The van der Waals surface area contributed by atoms with Gasteiger partial charge in [0.25, 0.3) is 5.91 Å². The number of amides is 3. The normalized spacial score (nSPS) is 14.3. The number of nitrogens with zero attached hydrogens (tertiary/aromatic N) is 1. The molecule has 8 heteroatoms. The van der Waals surface area contributed by atoms with Crippen LogP contribution in [0, 0.1) is 12.7 Å². The number of hydrogen-bond acceptors (Lipinski definition) is 4. The summed E-state index contributed by atoms with van der Waals surface area (Å²) in [4.78, 5) is 40.8. The molecule has 3 amide bonds. The Morgan fingerprint density at radius 1 is 1.06 bits per heavy atom. The number of furan rings is 1. The summed E-state index contributed by atoms with van der Waals surface area (Å²) < 4.78 is 20.1. The standard InChI is InChI=1S/C27H28FN3O4/c1-18-8-6-11-20(16-18)31(24(32)17-29-26(33)23-14-7-15-35-23)25(21-12-4-5-13-22(21)28)27(34)30-19-9-2-3-10-19/h4-8,11-16,19,25H,2-3,9-10,17H2,1H3,(H,29,33)(H,30,34)/t25-/m0/s1. The van der Waals surface area contributed by atoms with Crippen LogP contribution in [0.15, 0.2) is 71.3 Å². The van der Waals surface area contributed by atoms with Gasteiger partial charge in [0.2, 0.25) is 11.8 Å². The third kappa shape index (κ3) is 5.77. The first-order valence-corrected chi connectivity index (χ1v) is 11.7. The molecule has 1 aliphatic rings. The van der Waals surface area contributed by atoms with E-state index >= 15 is 4.39 Å². The minimum absolute atomic E-state index is 0.0232. The van der Waals surface area contributed by atoms with E-state index in [-0.39, 0.29) is 17.4 Å². The highest BCUT2D eigenvalue weighted by Crippen LogP contribution is 2.31. The number of nitrogens with one attached hydrogen (secondary N) is 2. The number of carbonyl (C=O) groups excluding carboxylic acids is 3. The minimum atomic E-state index is -1.26. The number of rotatable bonds is 8. The zero-order valence-electron chi connectivity index (χ0n) is 19.5. The third-order valence-electron chi connectivity index (χ3n) is 6.10. The van der Waals surface area contributed by atoms with Crippen molar-refractivity contribution in [3.05, 3.63) is 89.6 Å². The molecule has 0 aliphatic heterocycles. The molecule has 0 unspecified atom stereocenters. The number of anilines is 1. The molecular weight excluding hydrogens is 449 g/mol. The highest BCUT2D eigenvalue weighted by molar-refractivity contribution is 6.04. The molecule has 1 aromatic heterocycles. The molecule has 0 spiro atoms. The summed E-state index contributed by atoms with van der Waals surface area (Å²) in [6.45, 7) is 1.46. The summed E-state index contributed by atoms with van der Waals surface area (Å²) in [5, 5.41) is 5.54. The summed E-state index contributed by atoms with van der Waals surface area (Å²) in [5.74, 6) is -2.13. The minimum Gasteiger partial charge on any atom is -0.459 e. The van der Waals surface area contributed by atoms with Crippen molar-refractivity contribution in [1.29, 1.82) is 0 Å². The Balaban J connectivity index is 1.70. The smallest absolute Gasteiger partial charge is 0.287 e. The van der Waals surface area contributed by atoms with Crippen molar-refractivity contribution in [3.8, 4) is 0 Å². The molecule has 182 valence electrons. The molecule has 2 aromatic carbocycles. The second-order valence-electron chi connectivity index (χ2n) is 8.68. The first-order chi connectivity index (χ1) is 16.9. The highest BCUT2D eigenvalue weighted by atomic mass is 19.1. The van der Waals surface area contributed by atoms with E-state index in [4.69, 9.17) is 4.42 Å². The summed E-state index contributed by atoms with van der Waals surface area (Å²) in [7, 11) is 0. The monoisotopic (exact) mass is 477 g/mol. The van der Waals surface area contributed by atoms with Gasteiger partial charge >= 0.3 is 0 Å². The lowest BCUT2D eigenvalue weighted by molar-refractivity contribution is -0.126. The van der Waals surface area contributed by atoms with Crippen LogP contribution in [-0.2, 0) is 9.59 Å². The second kappa shape index (κ2) is 11.0. The topological polar surface area (TPSA) is 91.7 Å². The Kier molecular flexibility index (Phi) is 7.60. The molecule has 7 nitrogen and oxygen atoms in total. The Morgan fingerprint density at radius 3 is 2.51 bits per heavy atom. The van der Waals surface area contributed by atoms with E-state index in [1.807, 2.05) is 13.0 Å². The van der Waals surface area contributed by atoms with Crippen molar-refractivity contribution in [2.75, 3.05) is 11.4 Å². The number of halogens is 1. The molecular formula is C27H28FN3O4. The fraction of sp³-hybridized carbons (Fsp3) is 0.296. The van der Waals surface area contributed by atoms with E-state index in [1.54, 1.807) is 30.3 Å². The van der Waals surface area contributed by atoms with Gasteiger partial charge in [-0.2, -0.15) is 0 Å². The first kappa shape index (κ1) is 24.2. The maximum Gasteiger partial charge on any atom is 0.287 e. The molecule has 1 heterocycles. The lowest BCUT2D eigenvalue weighted by atomic mass is 10.0. The fourth-order valence-corrected chi connectivity index (χ4v) is 4.40. The van der Waals surface area contributed by atoms with Crippen molar-refractivity contribution >= 4 is 23.4 Å². The van der Waals surface area contributed by atoms with Gasteiger partial charge in [-0.15, -0.1) is 0 Å². The van der Waals surface area contributed by atoms with E-state index in [0.717, 1.165) is 31.2 Å². The zero-order chi connectivity index (χ0) is 24.8. The van der Waals surface area contributed by atoms with Gasteiger partial charge in [0.15, 0.2) is 5.76 Å². The molecule has 35 heavy (non-hydrogen) atoms. The van der Waals surface area contributed by atoms with Gasteiger partial charge in [-0.05, 0) is 55.7 Å². The molecule has 0 saturated heterocycles. The van der Waals surface area contributed by atoms with Gasteiger partial charge in [-0.3, -0.25) is 19.3 Å². The van der Waals surface area contributed by atoms with Crippen LogP contribution in [0.5, 0.6) is 0 Å². The lowest BCUT2D eigenvalue weighted by Crippen LogP contribution is -2.49. The first-order valence-electron chi connectivity index (χ1n) is 11.7. The van der Waals surface area contributed by atoms with E-state index in [0.29, 0.717) is 5.69 Å². The van der Waals surface area contributed by atoms with E-state index in [2.05, 4.69) is 10.6 Å². The molecule has 4 rings (SSSR count). The number of carbonyl (C=O) groups is 3. The van der Waals surface area contributed by atoms with Crippen LogP contribution < -0.4 is 15.5 Å².